The summed E-state index contributed by atoms with van der Waals surface area (Å²) in [7, 11) is 0. The van der Waals surface area contributed by atoms with Crippen molar-refractivity contribution in [3.05, 3.63) is 55.6 Å². The summed E-state index contributed by atoms with van der Waals surface area (Å²) >= 11 is 10.7. The van der Waals surface area contributed by atoms with Crippen LogP contribution in [0.25, 0.3) is 0 Å². The van der Waals surface area contributed by atoms with Crippen LogP contribution in [0.5, 0.6) is 0 Å². The molecular weight excluding hydrogens is 296 g/mol. The summed E-state index contributed by atoms with van der Waals surface area (Å²) < 4.78 is 0.831. The highest BCUT2D eigenvalue weighted by Gasteiger charge is 2.13. The van der Waals surface area contributed by atoms with E-state index < -0.39 is 0 Å². The van der Waals surface area contributed by atoms with Crippen LogP contribution in [0.4, 0.5) is 0 Å². The van der Waals surface area contributed by atoms with Gasteiger partial charge in [0.15, 0.2) is 5.78 Å². The van der Waals surface area contributed by atoms with Crippen molar-refractivity contribution in [2.45, 2.75) is 0 Å². The van der Waals surface area contributed by atoms with Gasteiger partial charge >= 0.3 is 0 Å². The molecule has 0 radical (unpaired) electrons. The maximum atomic E-state index is 12.0. The fourth-order valence-corrected chi connectivity index (χ4v) is 2.87. The quantitative estimate of drug-likeness (QED) is 0.752. The Balaban J connectivity index is 2.41. The van der Waals surface area contributed by atoms with Gasteiger partial charge < -0.3 is 0 Å². The molecule has 0 unspecified atom stereocenters. The number of halogens is 2. The normalized spacial score (nSPS) is 10.3. The number of ketones is 1. The molecule has 15 heavy (non-hydrogen) atoms. The first-order valence-corrected chi connectivity index (χ1v) is 6.32. The first kappa shape index (κ1) is 10.9. The van der Waals surface area contributed by atoms with E-state index in [9.17, 15) is 4.79 Å². The van der Waals surface area contributed by atoms with Crippen LogP contribution >= 0.6 is 38.9 Å². The molecule has 0 saturated carbocycles. The van der Waals surface area contributed by atoms with Crippen molar-refractivity contribution in [2.75, 3.05) is 0 Å². The van der Waals surface area contributed by atoms with E-state index >= 15 is 0 Å². The van der Waals surface area contributed by atoms with Crippen molar-refractivity contribution in [3.63, 3.8) is 0 Å². The van der Waals surface area contributed by atoms with Gasteiger partial charge in [-0.25, -0.2) is 0 Å². The maximum Gasteiger partial charge on any atom is 0.195 e. The Hall–Kier alpha value is -0.640. The van der Waals surface area contributed by atoms with Crippen LogP contribution in [0.3, 0.4) is 0 Å². The minimum atomic E-state index is -0.00868. The van der Waals surface area contributed by atoms with E-state index in [1.807, 2.05) is 10.8 Å². The Morgan fingerprint density at radius 3 is 2.73 bits per heavy atom. The van der Waals surface area contributed by atoms with Crippen LogP contribution in [0.1, 0.15) is 15.9 Å². The van der Waals surface area contributed by atoms with E-state index in [4.69, 9.17) is 11.6 Å². The molecule has 0 N–H and O–H groups in total. The van der Waals surface area contributed by atoms with E-state index in [1.54, 1.807) is 24.3 Å². The second kappa shape index (κ2) is 4.47. The van der Waals surface area contributed by atoms with Crippen LogP contribution in [-0.2, 0) is 0 Å². The van der Waals surface area contributed by atoms with Crippen LogP contribution < -0.4 is 0 Å². The predicted octanol–water partition coefficient (Wildman–Crippen LogP) is 4.40. The van der Waals surface area contributed by atoms with E-state index in [2.05, 4.69) is 15.9 Å². The van der Waals surface area contributed by atoms with Crippen LogP contribution in [-0.4, -0.2) is 5.78 Å². The van der Waals surface area contributed by atoms with Crippen LogP contribution in [0.2, 0.25) is 5.02 Å². The van der Waals surface area contributed by atoms with Crippen LogP contribution in [0.15, 0.2) is 39.5 Å². The highest BCUT2D eigenvalue weighted by Crippen LogP contribution is 2.24. The van der Waals surface area contributed by atoms with Gasteiger partial charge in [-0.1, -0.05) is 23.7 Å². The first-order chi connectivity index (χ1) is 7.18. The van der Waals surface area contributed by atoms with Gasteiger partial charge in [0.25, 0.3) is 0 Å². The molecule has 0 bridgehead atoms. The Kier molecular flexibility index (Phi) is 3.24. The summed E-state index contributed by atoms with van der Waals surface area (Å²) in [6.45, 7) is 0. The third-order valence-corrected chi connectivity index (χ3v) is 3.88. The zero-order valence-electron chi connectivity index (χ0n) is 7.54. The second-order valence-corrected chi connectivity index (χ2v) is 5.01. The molecule has 76 valence electrons. The fourth-order valence-electron chi connectivity index (χ4n) is 1.23. The summed E-state index contributed by atoms with van der Waals surface area (Å²) in [6, 6.07) is 6.96. The van der Waals surface area contributed by atoms with Crippen molar-refractivity contribution >= 4 is 44.7 Å². The predicted molar refractivity (Wildman–Crippen MR) is 66.9 cm³/mol. The molecule has 0 atom stereocenters. The van der Waals surface area contributed by atoms with E-state index in [-0.39, 0.29) is 5.78 Å². The topological polar surface area (TPSA) is 17.1 Å². The zero-order valence-corrected chi connectivity index (χ0v) is 10.7. The third-order valence-electron chi connectivity index (χ3n) is 1.95. The molecule has 0 aliphatic rings. The molecule has 0 fully saturated rings. The Labute approximate surface area is 105 Å². The van der Waals surface area contributed by atoms with Gasteiger partial charge in [0.1, 0.15) is 0 Å². The standard InChI is InChI=1S/C11H6BrClOS/c12-10-6-15-5-9(10)11(14)7-2-1-3-8(13)4-7/h1-6H. The van der Waals surface area contributed by atoms with Crippen molar-refractivity contribution in [3.8, 4) is 0 Å². The largest absolute Gasteiger partial charge is 0.289 e. The highest BCUT2D eigenvalue weighted by molar-refractivity contribution is 9.10. The first-order valence-electron chi connectivity index (χ1n) is 4.20. The van der Waals surface area contributed by atoms with Gasteiger partial charge in [0.2, 0.25) is 0 Å². The number of hydrogen-bond acceptors (Lipinski definition) is 2. The molecule has 1 heterocycles. The van der Waals surface area contributed by atoms with E-state index in [1.165, 1.54) is 11.3 Å². The van der Waals surface area contributed by atoms with Crippen molar-refractivity contribution in [1.82, 2.24) is 0 Å². The van der Waals surface area contributed by atoms with Gasteiger partial charge in [-0.15, -0.1) is 0 Å². The molecule has 1 aromatic carbocycles. The number of carbonyl (C=O) groups excluding carboxylic acids is 1. The average Bonchev–Trinajstić information content (AvgIpc) is 2.63. The number of benzene rings is 1. The molecule has 1 aromatic heterocycles. The average molecular weight is 302 g/mol. The van der Waals surface area contributed by atoms with Gasteiger partial charge in [0.05, 0.1) is 0 Å². The lowest BCUT2D eigenvalue weighted by molar-refractivity contribution is 0.103. The lowest BCUT2D eigenvalue weighted by Crippen LogP contribution is -1.99. The zero-order chi connectivity index (χ0) is 10.8. The highest BCUT2D eigenvalue weighted by atomic mass is 79.9. The van der Waals surface area contributed by atoms with Crippen molar-refractivity contribution < 1.29 is 4.79 Å². The molecule has 0 aliphatic heterocycles. The molecule has 4 heteroatoms. The minimum Gasteiger partial charge on any atom is -0.289 e. The number of rotatable bonds is 2. The summed E-state index contributed by atoms with van der Waals surface area (Å²) in [5.41, 5.74) is 1.30. The fraction of sp³-hybridized carbons (Fsp3) is 0. The minimum absolute atomic E-state index is 0.00868. The van der Waals surface area contributed by atoms with E-state index in [0.29, 0.717) is 16.1 Å². The smallest absolute Gasteiger partial charge is 0.195 e. The summed E-state index contributed by atoms with van der Waals surface area (Å²) in [4.78, 5) is 12.0. The van der Waals surface area contributed by atoms with Crippen molar-refractivity contribution in [1.29, 1.82) is 0 Å². The molecule has 0 saturated heterocycles. The lowest BCUT2D eigenvalue weighted by atomic mass is 10.1. The Bertz CT molecular complexity index is 507. The maximum absolute atomic E-state index is 12.0. The Morgan fingerprint density at radius 2 is 2.13 bits per heavy atom. The molecule has 0 spiro atoms. The number of thiophene rings is 1. The number of hydrogen-bond donors (Lipinski definition) is 0. The van der Waals surface area contributed by atoms with E-state index in [0.717, 1.165) is 4.47 Å². The Morgan fingerprint density at radius 1 is 1.33 bits per heavy atom. The van der Waals surface area contributed by atoms with Gasteiger partial charge in [-0.2, -0.15) is 11.3 Å². The van der Waals surface area contributed by atoms with Gasteiger partial charge in [-0.3, -0.25) is 4.79 Å². The second-order valence-electron chi connectivity index (χ2n) is 2.97. The lowest BCUT2D eigenvalue weighted by Gasteiger charge is -1.99. The molecular formula is C11H6BrClOS. The summed E-state index contributed by atoms with van der Waals surface area (Å²) in [6.07, 6.45) is 0. The molecule has 2 aromatic rings. The van der Waals surface area contributed by atoms with Crippen molar-refractivity contribution in [2.24, 2.45) is 0 Å². The third kappa shape index (κ3) is 2.30. The molecule has 0 aliphatic carbocycles. The van der Waals surface area contributed by atoms with Crippen LogP contribution in [0, 0.1) is 0 Å². The molecule has 1 nitrogen and oxygen atoms in total. The monoisotopic (exact) mass is 300 g/mol. The van der Waals surface area contributed by atoms with Gasteiger partial charge in [0, 0.05) is 31.4 Å². The molecule has 2 rings (SSSR count). The number of carbonyl (C=O) groups is 1. The summed E-state index contributed by atoms with van der Waals surface area (Å²) in [5, 5.41) is 4.29. The SMILES string of the molecule is O=C(c1cccc(Cl)c1)c1cscc1Br. The van der Waals surface area contributed by atoms with Gasteiger partial charge in [-0.05, 0) is 28.1 Å². The summed E-state index contributed by atoms with van der Waals surface area (Å²) in [5.74, 6) is -0.00868. The molecule has 0 amide bonds.